The molecule has 1 aliphatic carbocycles. The van der Waals surface area contributed by atoms with Gasteiger partial charge in [-0.05, 0) is 6.42 Å². The zero-order valence-electron chi connectivity index (χ0n) is 5.05. The lowest BCUT2D eigenvalue weighted by Crippen LogP contribution is -2.46. The zero-order valence-corrected chi connectivity index (χ0v) is 5.05. The van der Waals surface area contributed by atoms with Gasteiger partial charge in [-0.2, -0.15) is 0 Å². The molecule has 0 bridgehead atoms. The van der Waals surface area contributed by atoms with Crippen LogP contribution < -0.4 is 5.32 Å². The van der Waals surface area contributed by atoms with Crippen LogP contribution in [0.3, 0.4) is 0 Å². The Morgan fingerprint density at radius 2 is 2.33 bits per heavy atom. The number of nitrogens with one attached hydrogen (secondary N) is 1. The van der Waals surface area contributed by atoms with E-state index in [-0.39, 0.29) is 11.3 Å². The smallest absolute Gasteiger partial charge is 0.307 e. The van der Waals surface area contributed by atoms with E-state index in [4.69, 9.17) is 5.11 Å². The molecule has 1 saturated carbocycles. The summed E-state index contributed by atoms with van der Waals surface area (Å²) in [6.07, 6.45) is 0.898. The largest absolute Gasteiger partial charge is 0.481 e. The molecular formula is C6H9NO2. The first kappa shape index (κ1) is 5.23. The van der Waals surface area contributed by atoms with E-state index in [9.17, 15) is 4.79 Å². The van der Waals surface area contributed by atoms with E-state index < -0.39 is 5.97 Å². The van der Waals surface area contributed by atoms with Crippen LogP contribution in [0, 0.1) is 11.3 Å². The van der Waals surface area contributed by atoms with E-state index in [0.717, 1.165) is 19.5 Å². The molecule has 2 fully saturated rings. The second-order valence-corrected chi connectivity index (χ2v) is 3.06. The summed E-state index contributed by atoms with van der Waals surface area (Å²) in [5.41, 5.74) is 0.200. The third-order valence-electron chi connectivity index (χ3n) is 2.44. The van der Waals surface area contributed by atoms with Crippen LogP contribution in [0.1, 0.15) is 6.42 Å². The minimum Gasteiger partial charge on any atom is -0.481 e. The summed E-state index contributed by atoms with van der Waals surface area (Å²) in [6.45, 7) is 1.84. The second-order valence-electron chi connectivity index (χ2n) is 3.06. The Labute approximate surface area is 53.1 Å². The molecule has 1 atom stereocenters. The Balaban J connectivity index is 2.01. The Hall–Kier alpha value is -0.570. The second kappa shape index (κ2) is 1.29. The molecule has 9 heavy (non-hydrogen) atoms. The van der Waals surface area contributed by atoms with Crippen LogP contribution in [-0.2, 0) is 4.79 Å². The van der Waals surface area contributed by atoms with Crippen LogP contribution in [0.2, 0.25) is 0 Å². The average Bonchev–Trinajstić information content (AvgIpc) is 2.34. The summed E-state index contributed by atoms with van der Waals surface area (Å²) >= 11 is 0. The van der Waals surface area contributed by atoms with E-state index in [2.05, 4.69) is 5.32 Å². The van der Waals surface area contributed by atoms with E-state index in [1.165, 1.54) is 0 Å². The van der Waals surface area contributed by atoms with Gasteiger partial charge in [0.2, 0.25) is 0 Å². The fraction of sp³-hybridized carbons (Fsp3) is 0.833. The van der Waals surface area contributed by atoms with Crippen molar-refractivity contribution in [1.29, 1.82) is 0 Å². The van der Waals surface area contributed by atoms with Crippen molar-refractivity contribution in [1.82, 2.24) is 5.32 Å². The monoisotopic (exact) mass is 127 g/mol. The molecular weight excluding hydrogens is 118 g/mol. The normalized spacial score (nSPS) is 35.8. The van der Waals surface area contributed by atoms with Crippen LogP contribution in [0.4, 0.5) is 0 Å². The summed E-state index contributed by atoms with van der Waals surface area (Å²) in [4.78, 5) is 10.3. The summed E-state index contributed by atoms with van der Waals surface area (Å²) in [5.74, 6) is -0.643. The minimum atomic E-state index is -0.614. The number of rotatable bonds is 1. The van der Waals surface area contributed by atoms with Gasteiger partial charge in [0.05, 0.1) is 5.92 Å². The van der Waals surface area contributed by atoms with Crippen LogP contribution in [-0.4, -0.2) is 24.2 Å². The molecule has 0 aromatic heterocycles. The first-order chi connectivity index (χ1) is 4.25. The molecule has 0 amide bonds. The minimum absolute atomic E-state index is 0.0289. The number of carboxylic acid groups (broad SMARTS) is 1. The van der Waals surface area contributed by atoms with Gasteiger partial charge in [-0.3, -0.25) is 4.79 Å². The van der Waals surface area contributed by atoms with Gasteiger partial charge in [0, 0.05) is 18.5 Å². The molecule has 0 aromatic rings. The maximum absolute atomic E-state index is 10.3. The Morgan fingerprint density at radius 1 is 1.67 bits per heavy atom. The third-order valence-corrected chi connectivity index (χ3v) is 2.44. The Bertz CT molecular complexity index is 162. The highest BCUT2D eigenvalue weighted by molar-refractivity contribution is 5.75. The molecule has 1 aliphatic heterocycles. The first-order valence-corrected chi connectivity index (χ1v) is 3.18. The molecule has 3 nitrogen and oxygen atoms in total. The van der Waals surface area contributed by atoms with Crippen molar-refractivity contribution in [2.75, 3.05) is 13.1 Å². The number of aliphatic carboxylic acids is 1. The fourth-order valence-corrected chi connectivity index (χ4v) is 1.53. The SMILES string of the molecule is O=C(O)[C@@H]1CC12CNC2. The summed E-state index contributed by atoms with van der Waals surface area (Å²) in [6, 6.07) is 0. The quantitative estimate of drug-likeness (QED) is 0.507. The van der Waals surface area contributed by atoms with Gasteiger partial charge < -0.3 is 10.4 Å². The van der Waals surface area contributed by atoms with Gasteiger partial charge in [-0.25, -0.2) is 0 Å². The highest BCUT2D eigenvalue weighted by Gasteiger charge is 2.61. The predicted molar refractivity (Wildman–Crippen MR) is 31.0 cm³/mol. The van der Waals surface area contributed by atoms with E-state index in [1.54, 1.807) is 0 Å². The molecule has 1 spiro atoms. The highest BCUT2D eigenvalue weighted by Crippen LogP contribution is 2.55. The Morgan fingerprint density at radius 3 is 2.44 bits per heavy atom. The van der Waals surface area contributed by atoms with Gasteiger partial charge in [-0.1, -0.05) is 0 Å². The van der Waals surface area contributed by atoms with Crippen LogP contribution in [0.15, 0.2) is 0 Å². The number of carbonyl (C=O) groups is 1. The van der Waals surface area contributed by atoms with Crippen molar-refractivity contribution in [2.24, 2.45) is 11.3 Å². The van der Waals surface area contributed by atoms with Crippen LogP contribution >= 0.6 is 0 Å². The zero-order chi connectivity index (χ0) is 6.48. The lowest BCUT2D eigenvalue weighted by Gasteiger charge is -2.27. The van der Waals surface area contributed by atoms with Crippen molar-refractivity contribution < 1.29 is 9.90 Å². The van der Waals surface area contributed by atoms with E-state index in [0.29, 0.717) is 0 Å². The molecule has 2 rings (SSSR count). The summed E-state index contributed by atoms with van der Waals surface area (Å²) in [5, 5.41) is 11.6. The number of hydrogen-bond acceptors (Lipinski definition) is 2. The van der Waals surface area contributed by atoms with E-state index >= 15 is 0 Å². The Kier molecular flexibility index (Phi) is 0.750. The van der Waals surface area contributed by atoms with Crippen LogP contribution in [0.5, 0.6) is 0 Å². The summed E-state index contributed by atoms with van der Waals surface area (Å²) in [7, 11) is 0. The van der Waals surface area contributed by atoms with Crippen molar-refractivity contribution in [3.8, 4) is 0 Å². The number of carboxylic acids is 1. The lowest BCUT2D eigenvalue weighted by molar-refractivity contribution is -0.139. The predicted octanol–water partition coefficient (Wildman–Crippen LogP) is -0.319. The molecule has 2 N–H and O–H groups in total. The highest BCUT2D eigenvalue weighted by atomic mass is 16.4. The third kappa shape index (κ3) is 0.525. The van der Waals surface area contributed by atoms with Gasteiger partial charge in [0.25, 0.3) is 0 Å². The standard InChI is InChI=1S/C6H9NO2/c8-5(9)4-1-6(4)2-7-3-6/h4,7H,1-3H2,(H,8,9)/t4-/m0/s1. The van der Waals surface area contributed by atoms with Gasteiger partial charge in [-0.15, -0.1) is 0 Å². The number of hydrogen-bond donors (Lipinski definition) is 2. The summed E-state index contributed by atoms with van der Waals surface area (Å²) < 4.78 is 0. The average molecular weight is 127 g/mol. The topological polar surface area (TPSA) is 49.3 Å². The van der Waals surface area contributed by atoms with Crippen molar-refractivity contribution in [2.45, 2.75) is 6.42 Å². The molecule has 3 heteroatoms. The maximum Gasteiger partial charge on any atom is 0.307 e. The molecule has 2 aliphatic rings. The first-order valence-electron chi connectivity index (χ1n) is 3.18. The van der Waals surface area contributed by atoms with Gasteiger partial charge >= 0.3 is 5.97 Å². The van der Waals surface area contributed by atoms with E-state index in [1.807, 2.05) is 0 Å². The molecule has 0 aromatic carbocycles. The molecule has 0 radical (unpaired) electrons. The molecule has 0 unspecified atom stereocenters. The molecule has 1 heterocycles. The van der Waals surface area contributed by atoms with Gasteiger partial charge in [0.15, 0.2) is 0 Å². The molecule has 50 valence electrons. The fourth-order valence-electron chi connectivity index (χ4n) is 1.53. The van der Waals surface area contributed by atoms with Gasteiger partial charge in [0.1, 0.15) is 0 Å². The lowest BCUT2D eigenvalue weighted by atomic mass is 9.97. The maximum atomic E-state index is 10.3. The van der Waals surface area contributed by atoms with Crippen molar-refractivity contribution in [3.63, 3.8) is 0 Å². The molecule has 1 saturated heterocycles. The van der Waals surface area contributed by atoms with Crippen molar-refractivity contribution >= 4 is 5.97 Å². The van der Waals surface area contributed by atoms with Crippen molar-refractivity contribution in [3.05, 3.63) is 0 Å². The van der Waals surface area contributed by atoms with Crippen LogP contribution in [0.25, 0.3) is 0 Å².